The predicted molar refractivity (Wildman–Crippen MR) is 102 cm³/mol. The highest BCUT2D eigenvalue weighted by Crippen LogP contribution is 2.29. The Morgan fingerprint density at radius 3 is 2.46 bits per heavy atom. The molecule has 144 valence electrons. The van der Waals surface area contributed by atoms with Gasteiger partial charge in [0.2, 0.25) is 11.8 Å². The summed E-state index contributed by atoms with van der Waals surface area (Å²) in [4.78, 5) is 26.4. The number of amides is 2. The van der Waals surface area contributed by atoms with Crippen LogP contribution in [0, 0.1) is 5.92 Å². The van der Waals surface area contributed by atoms with Crippen molar-refractivity contribution in [2.45, 2.75) is 44.7 Å². The lowest BCUT2D eigenvalue weighted by molar-refractivity contribution is -0.129. The van der Waals surface area contributed by atoms with Crippen LogP contribution in [0.5, 0.6) is 5.75 Å². The number of rotatable bonds is 8. The van der Waals surface area contributed by atoms with E-state index in [1.807, 2.05) is 38.4 Å². The van der Waals surface area contributed by atoms with Gasteiger partial charge in [0.25, 0.3) is 0 Å². The first kappa shape index (κ1) is 20.2. The van der Waals surface area contributed by atoms with E-state index in [2.05, 4.69) is 15.5 Å². The second-order valence-corrected chi connectivity index (χ2v) is 7.19. The zero-order valence-electron chi connectivity index (χ0n) is 16.2. The van der Waals surface area contributed by atoms with Crippen LogP contribution < -0.4 is 15.4 Å². The quantitative estimate of drug-likeness (QED) is 0.744. The minimum Gasteiger partial charge on any atom is -0.496 e. The Bertz CT molecular complexity index is 612. The summed E-state index contributed by atoms with van der Waals surface area (Å²) in [5.74, 6) is 0.761. The van der Waals surface area contributed by atoms with Crippen LogP contribution in [0.25, 0.3) is 0 Å². The van der Waals surface area contributed by atoms with E-state index >= 15 is 0 Å². The maximum absolute atomic E-state index is 12.8. The van der Waals surface area contributed by atoms with E-state index < -0.39 is 6.04 Å². The molecule has 2 amide bonds. The minimum absolute atomic E-state index is 0.0170. The molecule has 0 radical (unpaired) electrons. The summed E-state index contributed by atoms with van der Waals surface area (Å²) < 4.78 is 5.47. The monoisotopic (exact) mass is 361 g/mol. The number of nitrogens with zero attached hydrogens (tertiary/aromatic N) is 1. The maximum Gasteiger partial charge on any atom is 0.242 e. The number of hydrogen-bond donors (Lipinski definition) is 2. The number of nitrogens with one attached hydrogen (secondary N) is 2. The minimum atomic E-state index is -0.449. The topological polar surface area (TPSA) is 70.7 Å². The van der Waals surface area contributed by atoms with Crippen molar-refractivity contribution in [3.8, 4) is 5.75 Å². The Kier molecular flexibility index (Phi) is 7.45. The van der Waals surface area contributed by atoms with Gasteiger partial charge in [-0.3, -0.25) is 9.59 Å². The Hall–Kier alpha value is -2.08. The van der Waals surface area contributed by atoms with Crippen molar-refractivity contribution in [1.82, 2.24) is 15.5 Å². The van der Waals surface area contributed by atoms with Crippen LogP contribution in [-0.2, 0) is 9.59 Å². The van der Waals surface area contributed by atoms with E-state index in [0.717, 1.165) is 37.0 Å². The van der Waals surface area contributed by atoms with Gasteiger partial charge in [0.05, 0.1) is 13.2 Å². The van der Waals surface area contributed by atoms with E-state index in [0.29, 0.717) is 6.54 Å². The maximum atomic E-state index is 12.8. The molecule has 0 saturated heterocycles. The molecule has 1 aliphatic rings. The first-order valence-electron chi connectivity index (χ1n) is 9.28. The van der Waals surface area contributed by atoms with E-state index in [1.54, 1.807) is 7.11 Å². The number of ether oxygens (including phenoxy) is 1. The van der Waals surface area contributed by atoms with Crippen molar-refractivity contribution >= 4 is 11.8 Å². The van der Waals surface area contributed by atoms with E-state index in [4.69, 9.17) is 4.74 Å². The van der Waals surface area contributed by atoms with Crippen LogP contribution in [0.15, 0.2) is 24.3 Å². The number of carbonyl (C=O) groups excluding carboxylic acids is 2. The molecular weight excluding hydrogens is 330 g/mol. The van der Waals surface area contributed by atoms with Gasteiger partial charge in [-0.15, -0.1) is 0 Å². The van der Waals surface area contributed by atoms with Crippen LogP contribution in [0.2, 0.25) is 0 Å². The van der Waals surface area contributed by atoms with Gasteiger partial charge in [-0.05, 0) is 38.9 Å². The third kappa shape index (κ3) is 5.21. The Morgan fingerprint density at radius 1 is 1.23 bits per heavy atom. The summed E-state index contributed by atoms with van der Waals surface area (Å²) in [5.41, 5.74) is 1.03. The fourth-order valence-electron chi connectivity index (χ4n) is 3.73. The molecule has 2 unspecified atom stereocenters. The van der Waals surface area contributed by atoms with Crippen LogP contribution in [0.1, 0.15) is 44.2 Å². The highest BCUT2D eigenvalue weighted by Gasteiger charge is 2.31. The van der Waals surface area contributed by atoms with Gasteiger partial charge in [-0.2, -0.15) is 0 Å². The molecule has 1 fully saturated rings. The molecule has 0 bridgehead atoms. The normalized spacial score (nSPS) is 17.0. The zero-order chi connectivity index (χ0) is 19.1. The largest absolute Gasteiger partial charge is 0.496 e. The van der Waals surface area contributed by atoms with Crippen LogP contribution in [0.3, 0.4) is 0 Å². The summed E-state index contributed by atoms with van der Waals surface area (Å²) in [5, 5.41) is 5.89. The number of para-hydroxylation sites is 1. The number of benzene rings is 1. The SMILES string of the molecule is COc1ccccc1C(CNC(=O)C(NC(C)=O)C1CCCC1)N(C)C. The fraction of sp³-hybridized carbons (Fsp3) is 0.600. The molecule has 2 rings (SSSR count). The molecule has 6 nitrogen and oxygen atoms in total. The van der Waals surface area contributed by atoms with Crippen molar-refractivity contribution in [3.63, 3.8) is 0 Å². The van der Waals surface area contributed by atoms with Gasteiger partial charge < -0.3 is 20.3 Å². The molecular formula is C20H31N3O3. The first-order valence-corrected chi connectivity index (χ1v) is 9.28. The predicted octanol–water partition coefficient (Wildman–Crippen LogP) is 2.11. The number of likely N-dealkylation sites (N-methyl/N-ethyl adjacent to an activating group) is 1. The molecule has 1 aliphatic carbocycles. The van der Waals surface area contributed by atoms with Crippen LogP contribution in [-0.4, -0.2) is 50.5 Å². The Morgan fingerprint density at radius 2 is 1.88 bits per heavy atom. The van der Waals surface area contributed by atoms with Crippen molar-refractivity contribution in [1.29, 1.82) is 0 Å². The fourth-order valence-corrected chi connectivity index (χ4v) is 3.73. The molecule has 26 heavy (non-hydrogen) atoms. The Labute approximate surface area is 156 Å². The lowest BCUT2D eigenvalue weighted by Crippen LogP contribution is -2.51. The lowest BCUT2D eigenvalue weighted by atomic mass is 9.97. The number of hydrogen-bond acceptors (Lipinski definition) is 4. The number of methoxy groups -OCH3 is 1. The van der Waals surface area contributed by atoms with E-state index in [9.17, 15) is 9.59 Å². The van der Waals surface area contributed by atoms with Gasteiger partial charge in [-0.25, -0.2) is 0 Å². The summed E-state index contributed by atoms with van der Waals surface area (Å²) in [7, 11) is 5.61. The second-order valence-electron chi connectivity index (χ2n) is 7.19. The van der Waals surface area contributed by atoms with E-state index in [1.165, 1.54) is 6.92 Å². The van der Waals surface area contributed by atoms with Gasteiger partial charge >= 0.3 is 0 Å². The van der Waals surface area contributed by atoms with Gasteiger partial charge in [-0.1, -0.05) is 31.0 Å². The Balaban J connectivity index is 2.08. The van der Waals surface area contributed by atoms with Crippen molar-refractivity contribution in [3.05, 3.63) is 29.8 Å². The second kappa shape index (κ2) is 9.57. The third-order valence-corrected chi connectivity index (χ3v) is 5.10. The van der Waals surface area contributed by atoms with Gasteiger partial charge in [0.15, 0.2) is 0 Å². The lowest BCUT2D eigenvalue weighted by Gasteiger charge is -2.28. The molecule has 0 spiro atoms. The first-order chi connectivity index (χ1) is 12.4. The average molecular weight is 361 g/mol. The highest BCUT2D eigenvalue weighted by atomic mass is 16.5. The molecule has 0 aliphatic heterocycles. The zero-order valence-corrected chi connectivity index (χ0v) is 16.2. The summed E-state index contributed by atoms with van der Waals surface area (Å²) in [6.45, 7) is 1.92. The summed E-state index contributed by atoms with van der Waals surface area (Å²) >= 11 is 0. The summed E-state index contributed by atoms with van der Waals surface area (Å²) in [6.07, 6.45) is 4.22. The molecule has 2 atom stereocenters. The van der Waals surface area contributed by atoms with Crippen molar-refractivity contribution in [2.24, 2.45) is 5.92 Å². The molecule has 1 saturated carbocycles. The average Bonchev–Trinajstić information content (AvgIpc) is 3.14. The van der Waals surface area contributed by atoms with Crippen molar-refractivity contribution < 1.29 is 14.3 Å². The molecule has 1 aromatic rings. The third-order valence-electron chi connectivity index (χ3n) is 5.10. The van der Waals surface area contributed by atoms with Gasteiger partial charge in [0, 0.05) is 19.0 Å². The summed E-state index contributed by atoms with van der Waals surface area (Å²) in [6, 6.07) is 7.37. The number of carbonyl (C=O) groups is 2. The van der Waals surface area contributed by atoms with Crippen molar-refractivity contribution in [2.75, 3.05) is 27.7 Å². The molecule has 0 heterocycles. The standard InChI is InChI=1S/C20H31N3O3/c1-14(24)22-19(15-9-5-6-10-15)20(25)21-13-17(23(2)3)16-11-7-8-12-18(16)26-4/h7-8,11-12,15,17,19H,5-6,9-10,13H2,1-4H3,(H,21,25)(H,22,24). The molecule has 1 aromatic carbocycles. The molecule has 6 heteroatoms. The smallest absolute Gasteiger partial charge is 0.242 e. The van der Waals surface area contributed by atoms with Crippen LogP contribution in [0.4, 0.5) is 0 Å². The molecule has 2 N–H and O–H groups in total. The van der Waals surface area contributed by atoms with Crippen LogP contribution >= 0.6 is 0 Å². The molecule has 0 aromatic heterocycles. The van der Waals surface area contributed by atoms with E-state index in [-0.39, 0.29) is 23.8 Å². The highest BCUT2D eigenvalue weighted by molar-refractivity contribution is 5.87. The van der Waals surface area contributed by atoms with Gasteiger partial charge in [0.1, 0.15) is 11.8 Å².